The van der Waals surface area contributed by atoms with E-state index in [1.54, 1.807) is 37.4 Å². The number of hydrogen-bond acceptors (Lipinski definition) is 4. The molecule has 1 aliphatic heterocycles. The van der Waals surface area contributed by atoms with Crippen molar-refractivity contribution >= 4 is 37.9 Å². The third-order valence-corrected chi connectivity index (χ3v) is 7.13. The fraction of sp³-hybridized carbons (Fsp3) is 0.300. The molecule has 0 radical (unpaired) electrons. The lowest BCUT2D eigenvalue weighted by Gasteiger charge is -2.22. The van der Waals surface area contributed by atoms with E-state index in [2.05, 4.69) is 20.9 Å². The quantitative estimate of drug-likeness (QED) is 0.612. The SMILES string of the molecule is CN1CCC(CCS(=O)(=O)c2ccccc2)(/N=C/c2cc(Br)ccc2F)C1=O. The average Bonchev–Trinajstić information content (AvgIpc) is 2.97. The molecule has 1 heterocycles. The Labute approximate surface area is 172 Å². The van der Waals surface area contributed by atoms with Crippen molar-refractivity contribution < 1.29 is 17.6 Å². The first-order valence-corrected chi connectivity index (χ1v) is 11.2. The van der Waals surface area contributed by atoms with Crippen molar-refractivity contribution in [2.24, 2.45) is 4.99 Å². The second kappa shape index (κ2) is 8.13. The van der Waals surface area contributed by atoms with Gasteiger partial charge in [0.25, 0.3) is 0 Å². The van der Waals surface area contributed by atoms with E-state index < -0.39 is 21.2 Å². The van der Waals surface area contributed by atoms with Crippen molar-refractivity contribution in [1.82, 2.24) is 4.90 Å². The minimum absolute atomic E-state index is 0.0412. The summed E-state index contributed by atoms with van der Waals surface area (Å²) in [5.41, 5.74) is -0.965. The molecule has 8 heteroatoms. The lowest BCUT2D eigenvalue weighted by Crippen LogP contribution is -2.39. The van der Waals surface area contributed by atoms with Gasteiger partial charge in [-0.1, -0.05) is 34.1 Å². The summed E-state index contributed by atoms with van der Waals surface area (Å²) in [6, 6.07) is 12.6. The zero-order valence-electron chi connectivity index (χ0n) is 15.3. The Morgan fingerprint density at radius 3 is 2.61 bits per heavy atom. The highest BCUT2D eigenvalue weighted by atomic mass is 79.9. The van der Waals surface area contributed by atoms with Gasteiger partial charge in [0.2, 0.25) is 5.91 Å². The average molecular weight is 467 g/mol. The van der Waals surface area contributed by atoms with Crippen molar-refractivity contribution in [3.05, 3.63) is 64.4 Å². The lowest BCUT2D eigenvalue weighted by atomic mass is 9.95. The third kappa shape index (κ3) is 4.33. The van der Waals surface area contributed by atoms with Crippen LogP contribution >= 0.6 is 15.9 Å². The van der Waals surface area contributed by atoms with Crippen molar-refractivity contribution in [3.8, 4) is 0 Å². The Morgan fingerprint density at radius 2 is 1.96 bits per heavy atom. The Kier molecular flexibility index (Phi) is 6.00. The van der Waals surface area contributed by atoms with E-state index in [9.17, 15) is 17.6 Å². The van der Waals surface area contributed by atoms with E-state index in [4.69, 9.17) is 0 Å². The van der Waals surface area contributed by atoms with Crippen LogP contribution in [0.25, 0.3) is 0 Å². The molecule has 28 heavy (non-hydrogen) atoms. The molecule has 1 unspecified atom stereocenters. The largest absolute Gasteiger partial charge is 0.344 e. The molecule has 1 atom stereocenters. The predicted octanol–water partition coefficient (Wildman–Crippen LogP) is 3.47. The Hall–Kier alpha value is -2.06. The highest BCUT2D eigenvalue weighted by molar-refractivity contribution is 9.10. The molecule has 0 bridgehead atoms. The van der Waals surface area contributed by atoms with Gasteiger partial charge >= 0.3 is 0 Å². The smallest absolute Gasteiger partial charge is 0.250 e. The first kappa shape index (κ1) is 20.7. The molecule has 0 aliphatic carbocycles. The van der Waals surface area contributed by atoms with Crippen LogP contribution in [0.3, 0.4) is 0 Å². The normalized spacial score (nSPS) is 20.2. The molecule has 2 aromatic rings. The van der Waals surface area contributed by atoms with Gasteiger partial charge in [0.05, 0.1) is 10.6 Å². The first-order valence-electron chi connectivity index (χ1n) is 8.77. The van der Waals surface area contributed by atoms with Crippen LogP contribution in [0.5, 0.6) is 0 Å². The Bertz CT molecular complexity index is 1010. The number of likely N-dealkylation sites (N-methyl/N-ethyl adjacent to an activating group) is 1. The Balaban J connectivity index is 1.88. The van der Waals surface area contributed by atoms with Gasteiger partial charge in [-0.15, -0.1) is 0 Å². The number of benzene rings is 2. The van der Waals surface area contributed by atoms with Crippen molar-refractivity contribution in [3.63, 3.8) is 0 Å². The van der Waals surface area contributed by atoms with Crippen LogP contribution in [0, 0.1) is 5.82 Å². The van der Waals surface area contributed by atoms with E-state index in [0.717, 1.165) is 0 Å². The molecule has 1 saturated heterocycles. The molecule has 1 fully saturated rings. The van der Waals surface area contributed by atoms with Gasteiger partial charge in [-0.3, -0.25) is 9.79 Å². The summed E-state index contributed by atoms with van der Waals surface area (Å²) in [5, 5.41) is 0. The summed E-state index contributed by atoms with van der Waals surface area (Å²) in [5.74, 6) is -0.922. The fourth-order valence-electron chi connectivity index (χ4n) is 3.19. The van der Waals surface area contributed by atoms with Crippen LogP contribution < -0.4 is 0 Å². The van der Waals surface area contributed by atoms with Crippen LogP contribution in [0.1, 0.15) is 18.4 Å². The number of hydrogen-bond donors (Lipinski definition) is 0. The number of sulfone groups is 1. The summed E-state index contributed by atoms with van der Waals surface area (Å²) in [7, 11) is -1.89. The van der Waals surface area contributed by atoms with Gasteiger partial charge in [0.1, 0.15) is 11.4 Å². The van der Waals surface area contributed by atoms with Crippen LogP contribution in [0.4, 0.5) is 4.39 Å². The number of amides is 1. The molecule has 0 saturated carbocycles. The van der Waals surface area contributed by atoms with Crippen LogP contribution in [-0.2, 0) is 14.6 Å². The summed E-state index contributed by atoms with van der Waals surface area (Å²) in [6.07, 6.45) is 1.75. The fourth-order valence-corrected chi connectivity index (χ4v) is 4.98. The maximum atomic E-state index is 14.0. The van der Waals surface area contributed by atoms with E-state index in [-0.39, 0.29) is 28.5 Å². The topological polar surface area (TPSA) is 66.8 Å². The number of rotatable bonds is 6. The molecular weight excluding hydrogens is 447 g/mol. The monoisotopic (exact) mass is 466 g/mol. The zero-order valence-corrected chi connectivity index (χ0v) is 17.7. The molecule has 0 aromatic heterocycles. The molecule has 0 spiro atoms. The molecule has 1 aliphatic rings. The van der Waals surface area contributed by atoms with Crippen LogP contribution in [0.2, 0.25) is 0 Å². The number of nitrogens with zero attached hydrogens (tertiary/aromatic N) is 2. The summed E-state index contributed by atoms with van der Waals surface area (Å²) in [6.45, 7) is 0.475. The number of aliphatic imine (C=N–C) groups is 1. The molecule has 1 amide bonds. The van der Waals surface area contributed by atoms with Gasteiger partial charge in [-0.25, -0.2) is 12.8 Å². The molecule has 5 nitrogen and oxygen atoms in total. The molecule has 2 aromatic carbocycles. The maximum absolute atomic E-state index is 14.0. The second-order valence-corrected chi connectivity index (χ2v) is 9.84. The van der Waals surface area contributed by atoms with E-state index in [0.29, 0.717) is 17.4 Å². The third-order valence-electron chi connectivity index (χ3n) is 4.90. The molecule has 148 valence electrons. The summed E-state index contributed by atoms with van der Waals surface area (Å²) >= 11 is 3.28. The van der Waals surface area contributed by atoms with Crippen molar-refractivity contribution in [2.75, 3.05) is 19.3 Å². The van der Waals surface area contributed by atoms with E-state index in [1.807, 2.05) is 0 Å². The Morgan fingerprint density at radius 1 is 1.25 bits per heavy atom. The van der Waals surface area contributed by atoms with Gasteiger partial charge in [-0.2, -0.15) is 0 Å². The van der Waals surface area contributed by atoms with Gasteiger partial charge in [-0.05, 0) is 43.2 Å². The minimum Gasteiger partial charge on any atom is -0.344 e. The number of carbonyl (C=O) groups is 1. The van der Waals surface area contributed by atoms with E-state index >= 15 is 0 Å². The van der Waals surface area contributed by atoms with Gasteiger partial charge in [0, 0.05) is 29.8 Å². The van der Waals surface area contributed by atoms with Gasteiger partial charge in [0.15, 0.2) is 9.84 Å². The van der Waals surface area contributed by atoms with Crippen LogP contribution in [0.15, 0.2) is 62.9 Å². The molecule has 3 rings (SSSR count). The summed E-state index contributed by atoms with van der Waals surface area (Å²) < 4.78 is 40.0. The molecular formula is C20H20BrFN2O3S. The standard InChI is InChI=1S/C20H20BrFN2O3S/c1-24-11-9-20(19(24)25,23-14-15-13-16(21)7-8-18(15)22)10-12-28(26,27)17-5-3-2-4-6-17/h2-8,13-14H,9-12H2,1H3/b23-14+. The lowest BCUT2D eigenvalue weighted by molar-refractivity contribution is -0.130. The highest BCUT2D eigenvalue weighted by Crippen LogP contribution is 2.31. The summed E-state index contributed by atoms with van der Waals surface area (Å²) in [4.78, 5) is 18.9. The van der Waals surface area contributed by atoms with Crippen molar-refractivity contribution in [2.45, 2.75) is 23.3 Å². The first-order chi connectivity index (χ1) is 13.2. The number of carbonyl (C=O) groups excluding carboxylic acids is 1. The zero-order chi connectivity index (χ0) is 20.4. The molecule has 0 N–H and O–H groups in total. The minimum atomic E-state index is -3.55. The van der Waals surface area contributed by atoms with Gasteiger partial charge < -0.3 is 4.90 Å². The second-order valence-electron chi connectivity index (χ2n) is 6.81. The number of halogens is 2. The van der Waals surface area contributed by atoms with Crippen LogP contribution in [-0.4, -0.2) is 50.3 Å². The predicted molar refractivity (Wildman–Crippen MR) is 110 cm³/mol. The maximum Gasteiger partial charge on any atom is 0.250 e. The highest BCUT2D eigenvalue weighted by Gasteiger charge is 2.45. The van der Waals surface area contributed by atoms with Crippen molar-refractivity contribution in [1.29, 1.82) is 0 Å². The number of likely N-dealkylation sites (tertiary alicyclic amines) is 1. The van der Waals surface area contributed by atoms with E-state index in [1.165, 1.54) is 29.3 Å².